The number of rotatable bonds is 5. The molecule has 1 heterocycles. The maximum absolute atomic E-state index is 12.3. The van der Waals surface area contributed by atoms with Crippen LogP contribution in [0.4, 0.5) is 0 Å². The van der Waals surface area contributed by atoms with Gasteiger partial charge < -0.3 is 10.4 Å². The maximum Gasteiger partial charge on any atom is 0.307 e. The van der Waals surface area contributed by atoms with Gasteiger partial charge in [-0.25, -0.2) is 0 Å². The van der Waals surface area contributed by atoms with Crippen LogP contribution >= 0.6 is 11.8 Å². The lowest BCUT2D eigenvalue weighted by atomic mass is 9.95. The second kappa shape index (κ2) is 7.34. The van der Waals surface area contributed by atoms with Gasteiger partial charge in [0, 0.05) is 11.8 Å². The number of carbonyl (C=O) groups excluding carboxylic acids is 1. The quantitative estimate of drug-likeness (QED) is 0.818. The van der Waals surface area contributed by atoms with Crippen molar-refractivity contribution in [3.05, 3.63) is 0 Å². The number of hydrogen-bond donors (Lipinski definition) is 2. The molecule has 2 aliphatic rings. The minimum absolute atomic E-state index is 0.0421. The van der Waals surface area contributed by atoms with Crippen molar-refractivity contribution < 1.29 is 14.7 Å². The Balaban J connectivity index is 1.85. The van der Waals surface area contributed by atoms with E-state index in [1.807, 2.05) is 11.8 Å². The van der Waals surface area contributed by atoms with Gasteiger partial charge in [0.1, 0.15) is 0 Å². The maximum atomic E-state index is 12.3. The first-order valence-corrected chi connectivity index (χ1v) is 8.78. The van der Waals surface area contributed by atoms with Crippen molar-refractivity contribution in [1.82, 2.24) is 5.32 Å². The number of hydrogen-bond acceptors (Lipinski definition) is 3. The molecule has 114 valence electrons. The van der Waals surface area contributed by atoms with E-state index >= 15 is 0 Å². The molecular formula is C15H25NO3S. The Morgan fingerprint density at radius 1 is 1.25 bits per heavy atom. The Kier molecular flexibility index (Phi) is 5.75. The minimum Gasteiger partial charge on any atom is -0.481 e. The number of carboxylic acid groups (broad SMARTS) is 1. The zero-order chi connectivity index (χ0) is 14.5. The van der Waals surface area contributed by atoms with Crippen molar-refractivity contribution in [2.24, 2.45) is 17.8 Å². The van der Waals surface area contributed by atoms with Gasteiger partial charge in [0.2, 0.25) is 5.91 Å². The number of thioether (sulfide) groups is 1. The molecule has 1 saturated carbocycles. The van der Waals surface area contributed by atoms with Crippen LogP contribution in [0.2, 0.25) is 0 Å². The number of aliphatic carboxylic acids is 1. The summed E-state index contributed by atoms with van der Waals surface area (Å²) in [5.41, 5.74) is 0. The average Bonchev–Trinajstić information content (AvgIpc) is 2.90. The summed E-state index contributed by atoms with van der Waals surface area (Å²) in [5.74, 6) is -0.104. The van der Waals surface area contributed by atoms with Crippen LogP contribution in [-0.2, 0) is 9.59 Å². The summed E-state index contributed by atoms with van der Waals surface area (Å²) in [6, 6.07) is 0. The molecule has 0 bridgehead atoms. The highest BCUT2D eigenvalue weighted by Crippen LogP contribution is 2.38. The van der Waals surface area contributed by atoms with E-state index in [0.717, 1.165) is 19.3 Å². The van der Waals surface area contributed by atoms with Crippen molar-refractivity contribution in [3.63, 3.8) is 0 Å². The fraction of sp³-hybridized carbons (Fsp3) is 0.867. The molecule has 0 aromatic rings. The Morgan fingerprint density at radius 2 is 2.00 bits per heavy atom. The third-order valence-electron chi connectivity index (χ3n) is 4.67. The lowest BCUT2D eigenvalue weighted by Gasteiger charge is -2.23. The molecule has 4 nitrogen and oxygen atoms in total. The van der Waals surface area contributed by atoms with Gasteiger partial charge in [-0.05, 0) is 37.4 Å². The van der Waals surface area contributed by atoms with Crippen LogP contribution in [0.25, 0.3) is 0 Å². The van der Waals surface area contributed by atoms with Crippen LogP contribution in [0.15, 0.2) is 0 Å². The molecule has 5 heteroatoms. The second-order valence-corrected chi connectivity index (χ2v) is 7.44. The molecule has 2 N–H and O–H groups in total. The van der Waals surface area contributed by atoms with Gasteiger partial charge in [-0.1, -0.05) is 19.8 Å². The average molecular weight is 299 g/mol. The summed E-state index contributed by atoms with van der Waals surface area (Å²) in [7, 11) is 0. The molecule has 1 aliphatic heterocycles. The van der Waals surface area contributed by atoms with Crippen LogP contribution < -0.4 is 5.32 Å². The van der Waals surface area contributed by atoms with Gasteiger partial charge in [-0.3, -0.25) is 9.59 Å². The van der Waals surface area contributed by atoms with Crippen molar-refractivity contribution in [2.45, 2.75) is 50.7 Å². The van der Waals surface area contributed by atoms with E-state index in [-0.39, 0.29) is 11.8 Å². The van der Waals surface area contributed by atoms with Gasteiger partial charge >= 0.3 is 5.97 Å². The predicted molar refractivity (Wildman–Crippen MR) is 80.7 cm³/mol. The van der Waals surface area contributed by atoms with E-state index in [2.05, 4.69) is 12.2 Å². The molecule has 4 unspecified atom stereocenters. The summed E-state index contributed by atoms with van der Waals surface area (Å²) >= 11 is 1.93. The Labute approximate surface area is 125 Å². The standard InChI is InChI=1S/C15H25NO3S/c1-2-10-7-12(13(8-10)15(18)19)14(17)16-9-11-5-3-4-6-20-11/h10-13H,2-9H2,1H3,(H,16,17)(H,18,19). The molecule has 1 amide bonds. The van der Waals surface area contributed by atoms with Crippen molar-refractivity contribution in [3.8, 4) is 0 Å². The number of carbonyl (C=O) groups is 2. The summed E-state index contributed by atoms with van der Waals surface area (Å²) in [6.45, 7) is 2.77. The number of nitrogens with one attached hydrogen (secondary N) is 1. The summed E-state index contributed by atoms with van der Waals surface area (Å²) < 4.78 is 0. The van der Waals surface area contributed by atoms with E-state index in [1.54, 1.807) is 0 Å². The molecule has 0 aromatic heterocycles. The lowest BCUT2D eigenvalue weighted by molar-refractivity contribution is -0.146. The first kappa shape index (κ1) is 15.7. The van der Waals surface area contributed by atoms with E-state index in [1.165, 1.54) is 18.6 Å². The summed E-state index contributed by atoms with van der Waals surface area (Å²) in [6.07, 6.45) is 6.03. The molecule has 2 rings (SSSR count). The van der Waals surface area contributed by atoms with Crippen molar-refractivity contribution in [2.75, 3.05) is 12.3 Å². The fourth-order valence-electron chi connectivity index (χ4n) is 3.35. The van der Waals surface area contributed by atoms with Crippen molar-refractivity contribution >= 4 is 23.6 Å². The SMILES string of the molecule is CCC1CC(C(=O)O)C(C(=O)NCC2CCCCS2)C1. The van der Waals surface area contributed by atoms with E-state index < -0.39 is 11.9 Å². The Morgan fingerprint density at radius 3 is 2.60 bits per heavy atom. The van der Waals surface area contributed by atoms with E-state index in [0.29, 0.717) is 24.1 Å². The first-order valence-electron chi connectivity index (χ1n) is 7.74. The van der Waals surface area contributed by atoms with Crippen LogP contribution in [0.5, 0.6) is 0 Å². The number of amides is 1. The normalized spacial score (nSPS) is 33.9. The van der Waals surface area contributed by atoms with E-state index in [9.17, 15) is 14.7 Å². The molecule has 1 saturated heterocycles. The van der Waals surface area contributed by atoms with Gasteiger partial charge in [0.25, 0.3) is 0 Å². The molecule has 1 aliphatic carbocycles. The highest BCUT2D eigenvalue weighted by molar-refractivity contribution is 7.99. The van der Waals surface area contributed by atoms with Crippen LogP contribution in [0, 0.1) is 17.8 Å². The van der Waals surface area contributed by atoms with Gasteiger partial charge in [-0.2, -0.15) is 11.8 Å². The minimum atomic E-state index is -0.812. The summed E-state index contributed by atoms with van der Waals surface area (Å²) in [4.78, 5) is 23.6. The van der Waals surface area contributed by atoms with E-state index in [4.69, 9.17) is 0 Å². The zero-order valence-electron chi connectivity index (χ0n) is 12.1. The molecule has 4 atom stereocenters. The molecule has 20 heavy (non-hydrogen) atoms. The van der Waals surface area contributed by atoms with Gasteiger partial charge in [-0.15, -0.1) is 0 Å². The zero-order valence-corrected chi connectivity index (χ0v) is 13.0. The Bertz CT molecular complexity index is 355. The highest BCUT2D eigenvalue weighted by Gasteiger charge is 2.42. The van der Waals surface area contributed by atoms with Crippen LogP contribution in [-0.4, -0.2) is 34.5 Å². The third-order valence-corrected chi connectivity index (χ3v) is 6.07. The lowest BCUT2D eigenvalue weighted by Crippen LogP contribution is -2.39. The molecular weight excluding hydrogens is 274 g/mol. The Hall–Kier alpha value is -0.710. The number of carboxylic acids is 1. The topological polar surface area (TPSA) is 66.4 Å². The van der Waals surface area contributed by atoms with Gasteiger partial charge in [0.15, 0.2) is 0 Å². The van der Waals surface area contributed by atoms with Crippen LogP contribution in [0.1, 0.15) is 45.4 Å². The third kappa shape index (κ3) is 3.90. The first-order chi connectivity index (χ1) is 9.61. The fourth-order valence-corrected chi connectivity index (χ4v) is 4.59. The van der Waals surface area contributed by atoms with Crippen LogP contribution in [0.3, 0.4) is 0 Å². The largest absolute Gasteiger partial charge is 0.481 e. The smallest absolute Gasteiger partial charge is 0.307 e. The molecule has 0 spiro atoms. The second-order valence-electron chi connectivity index (χ2n) is 6.03. The highest BCUT2D eigenvalue weighted by atomic mass is 32.2. The summed E-state index contributed by atoms with van der Waals surface area (Å²) in [5, 5.41) is 12.8. The van der Waals surface area contributed by atoms with Crippen molar-refractivity contribution in [1.29, 1.82) is 0 Å². The molecule has 0 aromatic carbocycles. The van der Waals surface area contributed by atoms with Gasteiger partial charge in [0.05, 0.1) is 11.8 Å². The predicted octanol–water partition coefficient (Wildman–Crippen LogP) is 2.53. The molecule has 0 radical (unpaired) electrons. The monoisotopic (exact) mass is 299 g/mol. The molecule has 2 fully saturated rings.